The molecule has 106 valence electrons. The molecule has 0 aliphatic carbocycles. The van der Waals surface area contributed by atoms with Crippen LogP contribution in [0.1, 0.15) is 44.7 Å². The quantitative estimate of drug-likeness (QED) is 0.916. The number of aromatic nitrogens is 1. The summed E-state index contributed by atoms with van der Waals surface area (Å²) in [6, 6.07) is 3.80. The third-order valence-corrected chi connectivity index (χ3v) is 4.27. The SMILES string of the molecule is CCCC1CCCN(c2ccc(Cl)c(CO)n2)CC1. The van der Waals surface area contributed by atoms with E-state index in [9.17, 15) is 5.11 Å². The van der Waals surface area contributed by atoms with E-state index in [1.54, 1.807) is 0 Å². The van der Waals surface area contributed by atoms with Crippen LogP contribution in [0.5, 0.6) is 0 Å². The van der Waals surface area contributed by atoms with Crippen LogP contribution in [0.4, 0.5) is 5.82 Å². The highest BCUT2D eigenvalue weighted by atomic mass is 35.5. The molecule has 0 spiro atoms. The number of rotatable bonds is 4. The van der Waals surface area contributed by atoms with Crippen LogP contribution in [-0.2, 0) is 6.61 Å². The average molecular weight is 283 g/mol. The third-order valence-electron chi connectivity index (χ3n) is 3.92. The van der Waals surface area contributed by atoms with Gasteiger partial charge in [-0.25, -0.2) is 4.98 Å². The van der Waals surface area contributed by atoms with Crippen LogP contribution in [0, 0.1) is 5.92 Å². The molecule has 3 nitrogen and oxygen atoms in total. The van der Waals surface area contributed by atoms with Crippen molar-refractivity contribution in [3.05, 3.63) is 22.8 Å². The summed E-state index contributed by atoms with van der Waals surface area (Å²) < 4.78 is 0. The summed E-state index contributed by atoms with van der Waals surface area (Å²) in [5.41, 5.74) is 0.577. The Bertz CT molecular complexity index is 411. The minimum Gasteiger partial charge on any atom is -0.390 e. The number of anilines is 1. The second-order valence-corrected chi connectivity index (χ2v) is 5.74. The lowest BCUT2D eigenvalue weighted by molar-refractivity contribution is 0.277. The first-order valence-corrected chi connectivity index (χ1v) is 7.63. The monoisotopic (exact) mass is 282 g/mol. The molecule has 1 fully saturated rings. The number of halogens is 1. The zero-order valence-electron chi connectivity index (χ0n) is 11.6. The lowest BCUT2D eigenvalue weighted by atomic mass is 9.96. The van der Waals surface area contributed by atoms with E-state index in [4.69, 9.17) is 11.6 Å². The van der Waals surface area contributed by atoms with E-state index in [0.29, 0.717) is 10.7 Å². The lowest BCUT2D eigenvalue weighted by Crippen LogP contribution is -2.25. The van der Waals surface area contributed by atoms with Gasteiger partial charge in [0.25, 0.3) is 0 Å². The van der Waals surface area contributed by atoms with Crippen molar-refractivity contribution in [1.82, 2.24) is 4.98 Å². The molecule has 1 aliphatic heterocycles. The van der Waals surface area contributed by atoms with Gasteiger partial charge < -0.3 is 10.0 Å². The van der Waals surface area contributed by atoms with Gasteiger partial charge in [-0.2, -0.15) is 0 Å². The minimum atomic E-state index is -0.0982. The van der Waals surface area contributed by atoms with Gasteiger partial charge in [0.15, 0.2) is 0 Å². The largest absolute Gasteiger partial charge is 0.390 e. The molecule has 1 aliphatic rings. The molecule has 1 atom stereocenters. The summed E-state index contributed by atoms with van der Waals surface area (Å²) in [5, 5.41) is 9.79. The number of pyridine rings is 1. The molecular weight excluding hydrogens is 260 g/mol. The van der Waals surface area contributed by atoms with E-state index < -0.39 is 0 Å². The number of aliphatic hydroxyl groups excluding tert-OH is 1. The van der Waals surface area contributed by atoms with E-state index in [0.717, 1.165) is 24.8 Å². The Balaban J connectivity index is 2.05. The van der Waals surface area contributed by atoms with Crippen LogP contribution >= 0.6 is 11.6 Å². The van der Waals surface area contributed by atoms with Gasteiger partial charge in [0, 0.05) is 13.1 Å². The Kier molecular flexibility index (Phi) is 5.46. The first-order chi connectivity index (χ1) is 9.24. The van der Waals surface area contributed by atoms with Gasteiger partial charge in [0.2, 0.25) is 0 Å². The van der Waals surface area contributed by atoms with Crippen molar-refractivity contribution < 1.29 is 5.11 Å². The fourth-order valence-corrected chi connectivity index (χ4v) is 3.02. The molecule has 1 saturated heterocycles. The van der Waals surface area contributed by atoms with Crippen LogP contribution in [0.2, 0.25) is 5.02 Å². The first-order valence-electron chi connectivity index (χ1n) is 7.25. The summed E-state index contributed by atoms with van der Waals surface area (Å²) in [4.78, 5) is 6.80. The molecule has 0 saturated carbocycles. The molecule has 1 unspecified atom stereocenters. The van der Waals surface area contributed by atoms with Crippen molar-refractivity contribution in [2.45, 2.75) is 45.6 Å². The smallest absolute Gasteiger partial charge is 0.129 e. The summed E-state index contributed by atoms with van der Waals surface area (Å²) in [7, 11) is 0. The zero-order valence-corrected chi connectivity index (χ0v) is 12.4. The Hall–Kier alpha value is -0.800. The molecule has 2 heterocycles. The standard InChI is InChI=1S/C15H23ClN2O/c1-2-4-12-5-3-9-18(10-8-12)15-7-6-13(16)14(11-19)17-15/h6-7,12,19H,2-5,8-11H2,1H3. The second-order valence-electron chi connectivity index (χ2n) is 5.33. The molecule has 0 aromatic carbocycles. The molecule has 19 heavy (non-hydrogen) atoms. The van der Waals surface area contributed by atoms with Crippen LogP contribution in [0.15, 0.2) is 12.1 Å². The van der Waals surface area contributed by atoms with Gasteiger partial charge in [0.05, 0.1) is 17.3 Å². The van der Waals surface area contributed by atoms with E-state index in [1.165, 1.54) is 32.1 Å². The molecule has 0 amide bonds. The highest BCUT2D eigenvalue weighted by molar-refractivity contribution is 6.31. The normalized spacial score (nSPS) is 20.4. The number of hydrogen-bond acceptors (Lipinski definition) is 3. The first kappa shape index (κ1) is 14.6. The maximum Gasteiger partial charge on any atom is 0.129 e. The number of nitrogens with zero attached hydrogens (tertiary/aromatic N) is 2. The molecule has 0 radical (unpaired) electrons. The lowest BCUT2D eigenvalue weighted by Gasteiger charge is -2.22. The maximum atomic E-state index is 9.24. The van der Waals surface area contributed by atoms with Crippen LogP contribution < -0.4 is 4.90 Å². The second kappa shape index (κ2) is 7.11. The maximum absolute atomic E-state index is 9.24. The van der Waals surface area contributed by atoms with Gasteiger partial charge in [-0.1, -0.05) is 31.4 Å². The van der Waals surface area contributed by atoms with Crippen LogP contribution in [0.3, 0.4) is 0 Å². The summed E-state index contributed by atoms with van der Waals surface area (Å²) >= 11 is 5.99. The highest BCUT2D eigenvalue weighted by Gasteiger charge is 2.18. The van der Waals surface area contributed by atoms with Gasteiger partial charge in [0.1, 0.15) is 5.82 Å². The van der Waals surface area contributed by atoms with Crippen LogP contribution in [-0.4, -0.2) is 23.2 Å². The number of aliphatic hydroxyl groups is 1. The van der Waals surface area contributed by atoms with E-state index in [2.05, 4.69) is 16.8 Å². The fraction of sp³-hybridized carbons (Fsp3) is 0.667. The minimum absolute atomic E-state index is 0.0982. The van der Waals surface area contributed by atoms with E-state index in [-0.39, 0.29) is 6.61 Å². The molecule has 4 heteroatoms. The van der Waals surface area contributed by atoms with Gasteiger partial charge in [-0.3, -0.25) is 0 Å². The Morgan fingerprint density at radius 1 is 1.37 bits per heavy atom. The van der Waals surface area contributed by atoms with Gasteiger partial charge in [-0.05, 0) is 37.3 Å². The zero-order chi connectivity index (χ0) is 13.7. The average Bonchev–Trinajstić information content (AvgIpc) is 2.66. The van der Waals surface area contributed by atoms with E-state index in [1.807, 2.05) is 12.1 Å². The predicted octanol–water partition coefficient (Wildman–Crippen LogP) is 3.63. The molecule has 1 aromatic heterocycles. The van der Waals surface area contributed by atoms with Crippen molar-refractivity contribution in [3.8, 4) is 0 Å². The molecule has 0 bridgehead atoms. The van der Waals surface area contributed by atoms with E-state index >= 15 is 0 Å². The van der Waals surface area contributed by atoms with Crippen molar-refractivity contribution in [3.63, 3.8) is 0 Å². The third kappa shape index (κ3) is 3.83. The van der Waals surface area contributed by atoms with Crippen LogP contribution in [0.25, 0.3) is 0 Å². The van der Waals surface area contributed by atoms with Crippen molar-refractivity contribution >= 4 is 17.4 Å². The Labute approximate surface area is 120 Å². The molecule has 1 aromatic rings. The summed E-state index contributed by atoms with van der Waals surface area (Å²) in [6.45, 7) is 4.28. The van der Waals surface area contributed by atoms with Crippen molar-refractivity contribution in [2.24, 2.45) is 5.92 Å². The Morgan fingerprint density at radius 2 is 2.21 bits per heavy atom. The Morgan fingerprint density at radius 3 is 2.95 bits per heavy atom. The van der Waals surface area contributed by atoms with Gasteiger partial charge in [-0.15, -0.1) is 0 Å². The predicted molar refractivity (Wildman–Crippen MR) is 79.6 cm³/mol. The van der Waals surface area contributed by atoms with Crippen molar-refractivity contribution in [1.29, 1.82) is 0 Å². The molecule has 2 rings (SSSR count). The van der Waals surface area contributed by atoms with Gasteiger partial charge >= 0.3 is 0 Å². The highest BCUT2D eigenvalue weighted by Crippen LogP contribution is 2.26. The summed E-state index contributed by atoms with van der Waals surface area (Å²) in [6.07, 6.45) is 6.41. The summed E-state index contributed by atoms with van der Waals surface area (Å²) in [5.74, 6) is 1.81. The molecule has 1 N–H and O–H groups in total. The number of hydrogen-bond donors (Lipinski definition) is 1. The topological polar surface area (TPSA) is 36.4 Å². The fourth-order valence-electron chi connectivity index (χ4n) is 2.85. The van der Waals surface area contributed by atoms with Crippen molar-refractivity contribution in [2.75, 3.05) is 18.0 Å². The molecular formula is C15H23ClN2O.